The van der Waals surface area contributed by atoms with Crippen LogP contribution in [0.4, 0.5) is 11.4 Å². The molecule has 4 rings (SSSR count). The van der Waals surface area contributed by atoms with E-state index in [9.17, 15) is 4.79 Å². The Balaban J connectivity index is 1.54. The van der Waals surface area contributed by atoms with Crippen molar-refractivity contribution in [1.82, 2.24) is 10.9 Å². The van der Waals surface area contributed by atoms with Crippen LogP contribution >= 0.6 is 11.8 Å². The Kier molecular flexibility index (Phi) is 6.13. The minimum atomic E-state index is -0.215. The van der Waals surface area contributed by atoms with Gasteiger partial charge in [-0.1, -0.05) is 36.0 Å². The van der Waals surface area contributed by atoms with Gasteiger partial charge in [-0.15, -0.1) is 0 Å². The number of amidine groups is 2. The highest BCUT2D eigenvalue weighted by Gasteiger charge is 2.44. The number of fused-ring (bicyclic) bond motifs is 1. The molecule has 31 heavy (non-hydrogen) atoms. The Bertz CT molecular complexity index is 1050. The fourth-order valence-corrected chi connectivity index (χ4v) is 4.74. The van der Waals surface area contributed by atoms with Crippen LogP contribution in [0, 0.1) is 32.1 Å². The van der Waals surface area contributed by atoms with Crippen molar-refractivity contribution in [2.75, 3.05) is 16.0 Å². The second-order valence-corrected chi connectivity index (χ2v) is 9.05. The number of carbonyl (C=O) groups excluding carboxylic acids is 1. The Labute approximate surface area is 187 Å². The Morgan fingerprint density at radius 1 is 1.13 bits per heavy atom. The van der Waals surface area contributed by atoms with Crippen LogP contribution in [-0.2, 0) is 4.79 Å². The van der Waals surface area contributed by atoms with E-state index in [0.29, 0.717) is 11.0 Å². The van der Waals surface area contributed by atoms with E-state index in [4.69, 9.17) is 10.4 Å². The van der Waals surface area contributed by atoms with E-state index in [1.54, 1.807) is 0 Å². The molecule has 0 radical (unpaired) electrons. The predicted molar refractivity (Wildman–Crippen MR) is 129 cm³/mol. The van der Waals surface area contributed by atoms with Crippen molar-refractivity contribution in [3.8, 4) is 0 Å². The van der Waals surface area contributed by atoms with Crippen LogP contribution in [-0.4, -0.2) is 34.9 Å². The molecule has 2 aromatic carbocycles. The topological polar surface area (TPSA) is 92.6 Å². The van der Waals surface area contributed by atoms with Crippen LogP contribution in [0.1, 0.15) is 23.6 Å². The maximum atomic E-state index is 12.6. The van der Waals surface area contributed by atoms with Crippen LogP contribution in [0.2, 0.25) is 0 Å². The maximum Gasteiger partial charge on any atom is 0.234 e. The number of nitrogens with one attached hydrogen (secondary N) is 4. The number of rotatable bonds is 4. The van der Waals surface area contributed by atoms with Gasteiger partial charge in [0.05, 0.1) is 17.4 Å². The van der Waals surface area contributed by atoms with Gasteiger partial charge in [-0.25, -0.2) is 10.4 Å². The monoisotopic (exact) mass is 436 g/mol. The van der Waals surface area contributed by atoms with Gasteiger partial charge in [-0.3, -0.25) is 20.5 Å². The van der Waals surface area contributed by atoms with Gasteiger partial charge in [-0.05, 0) is 62.6 Å². The Hall–Kier alpha value is -2.68. The van der Waals surface area contributed by atoms with Gasteiger partial charge in [0, 0.05) is 11.7 Å². The number of thioether (sulfide) groups is 1. The molecule has 0 aliphatic carbocycles. The summed E-state index contributed by atoms with van der Waals surface area (Å²) in [4.78, 5) is 19.4. The Morgan fingerprint density at radius 3 is 2.65 bits per heavy atom. The summed E-state index contributed by atoms with van der Waals surface area (Å²) in [5, 5.41) is 12.5. The second-order valence-electron chi connectivity index (χ2n) is 8.10. The SMILES string of the molecule is Cc1ccc(NC(=O)CSC2=NC3NNC(C)C3C(=N)N2c2ccccc2C)cc1C. The van der Waals surface area contributed by atoms with Gasteiger partial charge >= 0.3 is 0 Å². The van der Waals surface area contributed by atoms with Gasteiger partial charge in [0.2, 0.25) is 5.91 Å². The van der Waals surface area contributed by atoms with Gasteiger partial charge < -0.3 is 5.32 Å². The highest BCUT2D eigenvalue weighted by Crippen LogP contribution is 2.33. The van der Waals surface area contributed by atoms with Gasteiger partial charge in [-0.2, -0.15) is 0 Å². The molecule has 1 saturated heterocycles. The zero-order chi connectivity index (χ0) is 22.1. The highest BCUT2D eigenvalue weighted by molar-refractivity contribution is 8.14. The first-order chi connectivity index (χ1) is 14.8. The van der Waals surface area contributed by atoms with Crippen molar-refractivity contribution >= 4 is 40.0 Å². The van der Waals surface area contributed by atoms with Crippen LogP contribution in [0.25, 0.3) is 0 Å². The molecule has 3 atom stereocenters. The molecular weight excluding hydrogens is 408 g/mol. The van der Waals surface area contributed by atoms with E-state index >= 15 is 0 Å². The van der Waals surface area contributed by atoms with Crippen molar-refractivity contribution in [2.45, 2.75) is 39.9 Å². The molecule has 4 N–H and O–H groups in total. The molecule has 162 valence electrons. The lowest BCUT2D eigenvalue weighted by Crippen LogP contribution is -2.50. The van der Waals surface area contributed by atoms with Gasteiger partial charge in [0.25, 0.3) is 0 Å². The number of aryl methyl sites for hydroxylation is 3. The zero-order valence-corrected chi connectivity index (χ0v) is 19.0. The fraction of sp³-hybridized carbons (Fsp3) is 0.348. The molecule has 1 fully saturated rings. The summed E-state index contributed by atoms with van der Waals surface area (Å²) in [5.41, 5.74) is 11.5. The molecule has 2 aliphatic rings. The first kappa shape index (κ1) is 21.5. The van der Waals surface area contributed by atoms with E-state index in [0.717, 1.165) is 22.5 Å². The molecule has 8 heteroatoms. The highest BCUT2D eigenvalue weighted by atomic mass is 32.2. The third kappa shape index (κ3) is 4.37. The summed E-state index contributed by atoms with van der Waals surface area (Å²) in [6, 6.07) is 14.0. The van der Waals surface area contributed by atoms with Crippen molar-refractivity contribution in [3.63, 3.8) is 0 Å². The molecule has 0 saturated carbocycles. The maximum absolute atomic E-state index is 12.6. The second kappa shape index (κ2) is 8.82. The lowest BCUT2D eigenvalue weighted by Gasteiger charge is -2.36. The number of anilines is 2. The van der Waals surface area contributed by atoms with Crippen LogP contribution < -0.4 is 21.1 Å². The van der Waals surface area contributed by atoms with E-state index in [-0.39, 0.29) is 29.8 Å². The minimum absolute atomic E-state index is 0.0756. The predicted octanol–water partition coefficient (Wildman–Crippen LogP) is 3.58. The minimum Gasteiger partial charge on any atom is -0.325 e. The Morgan fingerprint density at radius 2 is 1.90 bits per heavy atom. The van der Waals surface area contributed by atoms with E-state index in [1.807, 2.05) is 75.1 Å². The molecule has 0 aromatic heterocycles. The number of amides is 1. The van der Waals surface area contributed by atoms with Crippen LogP contribution in [0.3, 0.4) is 0 Å². The largest absolute Gasteiger partial charge is 0.325 e. The third-order valence-electron chi connectivity index (χ3n) is 5.81. The summed E-state index contributed by atoms with van der Waals surface area (Å²) in [6.45, 7) is 8.15. The van der Waals surface area contributed by atoms with Crippen molar-refractivity contribution in [1.29, 1.82) is 5.41 Å². The van der Waals surface area contributed by atoms with E-state index < -0.39 is 0 Å². The third-order valence-corrected chi connectivity index (χ3v) is 6.77. The van der Waals surface area contributed by atoms with Crippen molar-refractivity contribution in [3.05, 3.63) is 59.2 Å². The molecule has 2 heterocycles. The van der Waals surface area contributed by atoms with Crippen molar-refractivity contribution in [2.24, 2.45) is 10.9 Å². The molecule has 0 bridgehead atoms. The quantitative estimate of drug-likeness (QED) is 0.588. The first-order valence-corrected chi connectivity index (χ1v) is 11.4. The summed E-state index contributed by atoms with van der Waals surface area (Å²) in [7, 11) is 0. The zero-order valence-electron chi connectivity index (χ0n) is 18.2. The van der Waals surface area contributed by atoms with E-state index in [1.165, 1.54) is 17.3 Å². The number of para-hydroxylation sites is 1. The normalized spacial score (nSPS) is 22.8. The number of hydrogen-bond acceptors (Lipinski definition) is 6. The molecular formula is C23H28N6OS. The summed E-state index contributed by atoms with van der Waals surface area (Å²) in [6.07, 6.45) is -0.215. The molecule has 7 nitrogen and oxygen atoms in total. The van der Waals surface area contributed by atoms with E-state index in [2.05, 4.69) is 16.2 Å². The summed E-state index contributed by atoms with van der Waals surface area (Å²) in [5.74, 6) is 0.520. The molecule has 2 aromatic rings. The van der Waals surface area contributed by atoms with Crippen LogP contribution in [0.5, 0.6) is 0 Å². The van der Waals surface area contributed by atoms with Gasteiger partial charge in [0.15, 0.2) is 5.17 Å². The number of benzene rings is 2. The first-order valence-electron chi connectivity index (χ1n) is 10.4. The number of aliphatic imine (C=N–C) groups is 1. The van der Waals surface area contributed by atoms with Gasteiger partial charge in [0.1, 0.15) is 12.0 Å². The molecule has 0 spiro atoms. The standard InChI is InChI=1S/C23H28N6OS/c1-13-9-10-17(11-15(13)3)25-19(30)12-31-23-26-22-20(16(4)27-28-22)21(24)29(23)18-8-6-5-7-14(18)2/h5-11,16,20,22,24,27-28H,12H2,1-4H3,(H,25,30). The lowest BCUT2D eigenvalue weighted by atomic mass is 9.96. The van der Waals surface area contributed by atoms with Crippen LogP contribution in [0.15, 0.2) is 47.5 Å². The summed E-state index contributed by atoms with van der Waals surface area (Å²) < 4.78 is 0. The number of nitrogens with zero attached hydrogens (tertiary/aromatic N) is 2. The number of carbonyl (C=O) groups is 1. The molecule has 2 aliphatic heterocycles. The molecule has 3 unspecified atom stereocenters. The van der Waals surface area contributed by atoms with Crippen molar-refractivity contribution < 1.29 is 4.79 Å². The smallest absolute Gasteiger partial charge is 0.234 e. The summed E-state index contributed by atoms with van der Waals surface area (Å²) >= 11 is 1.35. The number of hydrazine groups is 1. The average Bonchev–Trinajstić information content (AvgIpc) is 3.11. The number of hydrogen-bond donors (Lipinski definition) is 4. The average molecular weight is 437 g/mol. The molecule has 1 amide bonds. The fourth-order valence-electron chi connectivity index (χ4n) is 3.89. The lowest BCUT2D eigenvalue weighted by molar-refractivity contribution is -0.113.